The molecule has 1 saturated heterocycles. The summed E-state index contributed by atoms with van der Waals surface area (Å²) in [6.45, 7) is 7.48. The third-order valence-corrected chi connectivity index (χ3v) is 5.05. The summed E-state index contributed by atoms with van der Waals surface area (Å²) in [5.74, 6) is 0.221. The molecule has 0 atom stereocenters. The molecule has 0 radical (unpaired) electrons. The zero-order valence-corrected chi connectivity index (χ0v) is 16.1. The van der Waals surface area contributed by atoms with Crippen LogP contribution in [0.4, 0.5) is 4.79 Å². The Bertz CT molecular complexity index is 777. The summed E-state index contributed by atoms with van der Waals surface area (Å²) >= 11 is 3.42. The zero-order chi connectivity index (χ0) is 18.0. The molecule has 134 valence electrons. The lowest BCUT2D eigenvalue weighted by atomic mass is 10.2. The predicted molar refractivity (Wildman–Crippen MR) is 99.7 cm³/mol. The minimum atomic E-state index is -0.123. The molecule has 0 N–H and O–H groups in total. The average Bonchev–Trinajstić information content (AvgIpc) is 3.05. The molecule has 7 heteroatoms. The molecule has 1 aromatic carbocycles. The molecule has 1 fully saturated rings. The Morgan fingerprint density at radius 1 is 1.08 bits per heavy atom. The minimum absolute atomic E-state index is 0.0469. The van der Waals surface area contributed by atoms with Gasteiger partial charge in [0.05, 0.1) is 0 Å². The van der Waals surface area contributed by atoms with Gasteiger partial charge in [-0.1, -0.05) is 15.9 Å². The van der Waals surface area contributed by atoms with Crippen molar-refractivity contribution in [3.8, 4) is 0 Å². The molecule has 2 heterocycles. The third kappa shape index (κ3) is 3.66. The lowest BCUT2D eigenvalue weighted by Gasteiger charge is -2.36. The second-order valence-corrected chi connectivity index (χ2v) is 6.94. The lowest BCUT2D eigenvalue weighted by Crippen LogP contribution is -2.54. The number of furan rings is 1. The number of piperazine rings is 1. The largest absolute Gasteiger partial charge is 0.451 e. The molecule has 1 aromatic heterocycles. The summed E-state index contributed by atoms with van der Waals surface area (Å²) in [7, 11) is 0. The van der Waals surface area contributed by atoms with E-state index in [9.17, 15) is 9.59 Å². The van der Waals surface area contributed by atoms with Crippen LogP contribution in [0.2, 0.25) is 0 Å². The molecule has 0 saturated carbocycles. The predicted octanol–water partition coefficient (Wildman–Crippen LogP) is 3.41. The number of hydrogen-bond donors (Lipinski definition) is 0. The van der Waals surface area contributed by atoms with Crippen LogP contribution < -0.4 is 0 Å². The van der Waals surface area contributed by atoms with E-state index in [1.54, 1.807) is 15.9 Å². The molecule has 0 aliphatic carbocycles. The van der Waals surface area contributed by atoms with E-state index in [0.717, 1.165) is 9.86 Å². The van der Waals surface area contributed by atoms with Gasteiger partial charge in [-0.15, -0.1) is 0 Å². The second-order valence-electron chi connectivity index (χ2n) is 6.03. The number of halogens is 1. The quantitative estimate of drug-likeness (QED) is 0.782. The van der Waals surface area contributed by atoms with Crippen LogP contribution in [0.25, 0.3) is 11.0 Å². The van der Waals surface area contributed by atoms with Crippen molar-refractivity contribution in [3.63, 3.8) is 0 Å². The Kier molecular flexibility index (Phi) is 5.32. The Morgan fingerprint density at radius 2 is 1.72 bits per heavy atom. The maximum absolute atomic E-state index is 12.7. The van der Waals surface area contributed by atoms with Gasteiger partial charge in [0.1, 0.15) is 5.58 Å². The third-order valence-electron chi connectivity index (χ3n) is 4.56. The smallest absolute Gasteiger partial charge is 0.320 e. The highest BCUT2D eigenvalue weighted by Crippen LogP contribution is 2.24. The topological polar surface area (TPSA) is 57.0 Å². The van der Waals surface area contributed by atoms with Crippen molar-refractivity contribution in [2.75, 3.05) is 39.3 Å². The van der Waals surface area contributed by atoms with Gasteiger partial charge in [-0.2, -0.15) is 0 Å². The maximum atomic E-state index is 12.7. The van der Waals surface area contributed by atoms with Crippen molar-refractivity contribution in [2.45, 2.75) is 13.8 Å². The Morgan fingerprint density at radius 3 is 2.36 bits per heavy atom. The SMILES string of the molecule is CCN(CC)C(=O)N1CCN(C(=O)c2cc3cc(Br)ccc3o2)CC1. The van der Waals surface area contributed by atoms with Crippen LogP contribution in [0, 0.1) is 0 Å². The number of nitrogens with zero attached hydrogens (tertiary/aromatic N) is 3. The molecule has 6 nitrogen and oxygen atoms in total. The number of amides is 3. The van der Waals surface area contributed by atoms with Gasteiger partial charge < -0.3 is 19.1 Å². The van der Waals surface area contributed by atoms with Crippen LogP contribution >= 0.6 is 15.9 Å². The van der Waals surface area contributed by atoms with E-state index in [-0.39, 0.29) is 11.9 Å². The van der Waals surface area contributed by atoms with E-state index in [1.807, 2.05) is 36.9 Å². The first kappa shape index (κ1) is 17.8. The minimum Gasteiger partial charge on any atom is -0.451 e. The van der Waals surface area contributed by atoms with Gasteiger partial charge >= 0.3 is 6.03 Å². The van der Waals surface area contributed by atoms with E-state index >= 15 is 0 Å². The van der Waals surface area contributed by atoms with Crippen LogP contribution in [0.1, 0.15) is 24.4 Å². The van der Waals surface area contributed by atoms with Gasteiger partial charge in [-0.25, -0.2) is 4.79 Å². The van der Waals surface area contributed by atoms with Gasteiger partial charge in [-0.05, 0) is 38.1 Å². The van der Waals surface area contributed by atoms with Crippen molar-refractivity contribution in [1.82, 2.24) is 14.7 Å². The lowest BCUT2D eigenvalue weighted by molar-refractivity contribution is 0.0614. The van der Waals surface area contributed by atoms with Crippen molar-refractivity contribution in [1.29, 1.82) is 0 Å². The average molecular weight is 408 g/mol. The molecule has 25 heavy (non-hydrogen) atoms. The van der Waals surface area contributed by atoms with E-state index in [1.165, 1.54) is 0 Å². The molecule has 0 unspecified atom stereocenters. The monoisotopic (exact) mass is 407 g/mol. The highest BCUT2D eigenvalue weighted by Gasteiger charge is 2.28. The number of carbonyl (C=O) groups excluding carboxylic acids is 2. The van der Waals surface area contributed by atoms with E-state index < -0.39 is 0 Å². The number of urea groups is 1. The first-order valence-electron chi connectivity index (χ1n) is 8.55. The van der Waals surface area contributed by atoms with Crippen molar-refractivity contribution < 1.29 is 14.0 Å². The number of rotatable bonds is 3. The summed E-state index contributed by atoms with van der Waals surface area (Å²) in [4.78, 5) is 30.4. The summed E-state index contributed by atoms with van der Waals surface area (Å²) in [5.41, 5.74) is 0.696. The zero-order valence-electron chi connectivity index (χ0n) is 14.5. The van der Waals surface area contributed by atoms with Crippen LogP contribution in [0.3, 0.4) is 0 Å². The molecule has 3 rings (SSSR count). The summed E-state index contributed by atoms with van der Waals surface area (Å²) in [6.07, 6.45) is 0. The van der Waals surface area contributed by atoms with Crippen molar-refractivity contribution >= 4 is 38.8 Å². The molecule has 0 spiro atoms. The van der Waals surface area contributed by atoms with Crippen LogP contribution in [-0.4, -0.2) is 65.9 Å². The molecule has 2 aromatic rings. The van der Waals surface area contributed by atoms with Gasteiger partial charge in [-0.3, -0.25) is 4.79 Å². The Labute approximate surface area is 155 Å². The van der Waals surface area contributed by atoms with Gasteiger partial charge in [0.15, 0.2) is 5.76 Å². The molecule has 1 aliphatic heterocycles. The second kappa shape index (κ2) is 7.47. The van der Waals surface area contributed by atoms with Crippen LogP contribution in [-0.2, 0) is 0 Å². The molecule has 1 aliphatic rings. The van der Waals surface area contributed by atoms with Gasteiger partial charge in [0.2, 0.25) is 0 Å². The highest BCUT2D eigenvalue weighted by atomic mass is 79.9. The number of fused-ring (bicyclic) bond motifs is 1. The fraction of sp³-hybridized carbons (Fsp3) is 0.444. The van der Waals surface area contributed by atoms with Crippen molar-refractivity contribution in [2.24, 2.45) is 0 Å². The molecular formula is C18H22BrN3O3. The molecule has 3 amide bonds. The standard InChI is InChI=1S/C18H22BrN3O3/c1-3-20(4-2)18(24)22-9-7-21(8-10-22)17(23)16-12-13-11-14(19)5-6-15(13)25-16/h5-6,11-12H,3-4,7-10H2,1-2H3. The Hall–Kier alpha value is -2.02. The number of carbonyl (C=O) groups is 2. The highest BCUT2D eigenvalue weighted by molar-refractivity contribution is 9.10. The fourth-order valence-electron chi connectivity index (χ4n) is 3.07. The summed E-state index contributed by atoms with van der Waals surface area (Å²) in [5, 5.41) is 0.896. The van der Waals surface area contributed by atoms with E-state index in [0.29, 0.717) is 50.6 Å². The fourth-order valence-corrected chi connectivity index (χ4v) is 3.45. The number of hydrogen-bond acceptors (Lipinski definition) is 3. The van der Waals surface area contributed by atoms with Crippen LogP contribution in [0.5, 0.6) is 0 Å². The maximum Gasteiger partial charge on any atom is 0.320 e. The van der Waals surface area contributed by atoms with Crippen LogP contribution in [0.15, 0.2) is 33.2 Å². The van der Waals surface area contributed by atoms with E-state index in [2.05, 4.69) is 15.9 Å². The van der Waals surface area contributed by atoms with E-state index in [4.69, 9.17) is 4.42 Å². The van der Waals surface area contributed by atoms with Gasteiger partial charge in [0.25, 0.3) is 5.91 Å². The Balaban J connectivity index is 1.65. The first-order valence-corrected chi connectivity index (χ1v) is 9.35. The molecule has 0 bridgehead atoms. The normalized spacial score (nSPS) is 14.8. The number of benzene rings is 1. The summed E-state index contributed by atoms with van der Waals surface area (Å²) < 4.78 is 6.63. The molecular weight excluding hydrogens is 386 g/mol. The first-order chi connectivity index (χ1) is 12.0. The van der Waals surface area contributed by atoms with Crippen molar-refractivity contribution in [3.05, 3.63) is 34.5 Å². The summed E-state index contributed by atoms with van der Waals surface area (Å²) in [6, 6.07) is 7.48. The van der Waals surface area contributed by atoms with Gasteiger partial charge in [0, 0.05) is 49.1 Å².